The van der Waals surface area contributed by atoms with Crippen molar-refractivity contribution in [2.45, 2.75) is 57.4 Å². The molecule has 0 saturated heterocycles. The first-order valence-electron chi connectivity index (χ1n) is 11.1. The molecule has 182 valence electrons. The lowest BCUT2D eigenvalue weighted by molar-refractivity contribution is -0.121. The van der Waals surface area contributed by atoms with Gasteiger partial charge in [0.2, 0.25) is 15.9 Å². The van der Waals surface area contributed by atoms with E-state index in [4.69, 9.17) is 0 Å². The number of hydrogen-bond acceptors (Lipinski definition) is 4. The number of nitrogens with zero attached hydrogens (tertiary/aromatic N) is 2. The number of nitrogens with one attached hydrogen (secondary N) is 2. The average Bonchev–Trinajstić information content (AvgIpc) is 3.15. The molecule has 1 amide bonds. The van der Waals surface area contributed by atoms with E-state index in [9.17, 15) is 17.6 Å². The maximum atomic E-state index is 13.2. The number of carbonyl (C=O) groups is 1. The number of amides is 1. The third-order valence-electron chi connectivity index (χ3n) is 5.64. The highest BCUT2D eigenvalue weighted by Gasteiger charge is 2.19. The monoisotopic (exact) mass is 486 g/mol. The van der Waals surface area contributed by atoms with Crippen molar-refractivity contribution in [1.29, 1.82) is 0 Å². The molecule has 1 atom stereocenters. The lowest BCUT2D eigenvalue weighted by atomic mass is 9.87. The van der Waals surface area contributed by atoms with Crippen LogP contribution in [0.2, 0.25) is 0 Å². The molecule has 9 heteroatoms. The van der Waals surface area contributed by atoms with Gasteiger partial charge in [-0.2, -0.15) is 5.10 Å². The van der Waals surface area contributed by atoms with Crippen LogP contribution >= 0.6 is 0 Å². The number of halogens is 1. The molecule has 0 radical (unpaired) electrons. The van der Waals surface area contributed by atoms with Crippen LogP contribution in [0.1, 0.15) is 57.0 Å². The molecule has 1 heterocycles. The van der Waals surface area contributed by atoms with E-state index in [2.05, 4.69) is 35.9 Å². The predicted molar refractivity (Wildman–Crippen MR) is 130 cm³/mol. The molecule has 1 aromatic heterocycles. The van der Waals surface area contributed by atoms with Crippen LogP contribution in [0, 0.1) is 12.7 Å². The van der Waals surface area contributed by atoms with Crippen molar-refractivity contribution in [3.63, 3.8) is 0 Å². The zero-order chi connectivity index (χ0) is 25.1. The molecule has 34 heavy (non-hydrogen) atoms. The van der Waals surface area contributed by atoms with Gasteiger partial charge in [-0.1, -0.05) is 32.9 Å². The third kappa shape index (κ3) is 6.09. The highest BCUT2D eigenvalue weighted by Crippen LogP contribution is 2.23. The minimum Gasteiger partial charge on any atom is -0.349 e. The minimum atomic E-state index is -3.71. The quantitative estimate of drug-likeness (QED) is 0.500. The number of sulfonamides is 1. The maximum absolute atomic E-state index is 13.2. The van der Waals surface area contributed by atoms with Crippen LogP contribution in [0.4, 0.5) is 4.39 Å². The first kappa shape index (κ1) is 25.6. The summed E-state index contributed by atoms with van der Waals surface area (Å²) >= 11 is 0. The summed E-state index contributed by atoms with van der Waals surface area (Å²) in [6, 6.07) is 12.4. The van der Waals surface area contributed by atoms with Crippen molar-refractivity contribution in [2.24, 2.45) is 0 Å². The molecule has 0 spiro atoms. The highest BCUT2D eigenvalue weighted by atomic mass is 32.2. The summed E-state index contributed by atoms with van der Waals surface area (Å²) in [6.07, 6.45) is 1.66. The van der Waals surface area contributed by atoms with E-state index in [1.165, 1.54) is 12.1 Å². The SMILES string of the molecule is Cc1c(C(C)NC(=O)CCNS(=O)(=O)c2ccc(C(C)(C)C)cc2)cnn1-c1ccc(F)cc1. The van der Waals surface area contributed by atoms with Crippen LogP contribution < -0.4 is 10.0 Å². The van der Waals surface area contributed by atoms with Crippen molar-refractivity contribution in [3.8, 4) is 5.69 Å². The molecule has 0 fully saturated rings. The van der Waals surface area contributed by atoms with Crippen LogP contribution in [-0.4, -0.2) is 30.7 Å². The van der Waals surface area contributed by atoms with Crippen LogP contribution in [0.15, 0.2) is 59.6 Å². The molecule has 0 aliphatic carbocycles. The number of aromatic nitrogens is 2. The first-order valence-corrected chi connectivity index (χ1v) is 12.6. The molecular weight excluding hydrogens is 455 g/mol. The van der Waals surface area contributed by atoms with Crippen LogP contribution in [-0.2, 0) is 20.2 Å². The zero-order valence-electron chi connectivity index (χ0n) is 20.1. The van der Waals surface area contributed by atoms with Gasteiger partial charge >= 0.3 is 0 Å². The van der Waals surface area contributed by atoms with E-state index in [-0.39, 0.29) is 41.0 Å². The Kier molecular flexibility index (Phi) is 7.57. The largest absolute Gasteiger partial charge is 0.349 e. The molecule has 0 saturated carbocycles. The Hall–Kier alpha value is -3.04. The van der Waals surface area contributed by atoms with Gasteiger partial charge in [0, 0.05) is 24.2 Å². The molecule has 3 aromatic rings. The maximum Gasteiger partial charge on any atom is 0.240 e. The summed E-state index contributed by atoms with van der Waals surface area (Å²) in [4.78, 5) is 12.6. The van der Waals surface area contributed by atoms with E-state index in [0.29, 0.717) is 5.69 Å². The van der Waals surface area contributed by atoms with Crippen LogP contribution in [0.5, 0.6) is 0 Å². The summed E-state index contributed by atoms with van der Waals surface area (Å²) in [6.45, 7) is 9.86. The second-order valence-corrected chi connectivity index (χ2v) is 11.1. The summed E-state index contributed by atoms with van der Waals surface area (Å²) < 4.78 is 42.4. The van der Waals surface area contributed by atoms with E-state index < -0.39 is 10.0 Å². The predicted octanol–water partition coefficient (Wildman–Crippen LogP) is 4.16. The molecular formula is C25H31FN4O3S. The molecule has 0 aliphatic rings. The van der Waals surface area contributed by atoms with E-state index in [0.717, 1.165) is 16.8 Å². The van der Waals surface area contributed by atoms with Crippen molar-refractivity contribution in [3.05, 3.63) is 77.4 Å². The molecule has 0 bridgehead atoms. The number of hydrogen-bond donors (Lipinski definition) is 2. The summed E-state index contributed by atoms with van der Waals surface area (Å²) in [5.41, 5.74) is 3.32. The second kappa shape index (κ2) is 10.1. The van der Waals surface area contributed by atoms with E-state index in [1.807, 2.05) is 13.8 Å². The minimum absolute atomic E-state index is 0.00517. The van der Waals surface area contributed by atoms with Crippen molar-refractivity contribution in [1.82, 2.24) is 19.8 Å². The van der Waals surface area contributed by atoms with Gasteiger partial charge in [-0.3, -0.25) is 4.79 Å². The summed E-state index contributed by atoms with van der Waals surface area (Å²) in [5, 5.41) is 7.22. The summed E-state index contributed by atoms with van der Waals surface area (Å²) in [5.74, 6) is -0.612. The van der Waals surface area contributed by atoms with Gasteiger partial charge in [0.1, 0.15) is 5.82 Å². The molecule has 1 unspecified atom stereocenters. The lowest BCUT2D eigenvalue weighted by Gasteiger charge is -2.19. The number of rotatable bonds is 8. The van der Waals surface area contributed by atoms with Gasteiger partial charge < -0.3 is 5.32 Å². The molecule has 2 aromatic carbocycles. The van der Waals surface area contributed by atoms with Crippen molar-refractivity contribution < 1.29 is 17.6 Å². The van der Waals surface area contributed by atoms with Gasteiger partial charge in [-0.25, -0.2) is 22.2 Å². The molecule has 7 nitrogen and oxygen atoms in total. The van der Waals surface area contributed by atoms with Gasteiger partial charge in [0.05, 0.1) is 22.8 Å². The molecule has 3 rings (SSSR count). The first-order chi connectivity index (χ1) is 15.9. The Morgan fingerprint density at radius 3 is 2.29 bits per heavy atom. The Bertz CT molecular complexity index is 1240. The fraction of sp³-hybridized carbons (Fsp3) is 0.360. The topological polar surface area (TPSA) is 93.1 Å². The normalized spacial score (nSPS) is 13.0. The standard InChI is InChI=1S/C25H31FN4O3S/c1-17(23-16-27-30(18(23)2)21-10-8-20(26)9-11-21)29-24(31)14-15-28-34(32,33)22-12-6-19(7-13-22)25(3,4)5/h6-13,16-17,28H,14-15H2,1-5H3,(H,29,31). The third-order valence-corrected chi connectivity index (χ3v) is 7.11. The van der Waals surface area contributed by atoms with Crippen LogP contribution in [0.25, 0.3) is 5.69 Å². The Labute approximate surface area is 200 Å². The number of carbonyl (C=O) groups excluding carboxylic acids is 1. The fourth-order valence-corrected chi connectivity index (χ4v) is 4.63. The average molecular weight is 487 g/mol. The van der Waals surface area contributed by atoms with Crippen LogP contribution in [0.3, 0.4) is 0 Å². The second-order valence-electron chi connectivity index (χ2n) is 9.28. The fourth-order valence-electron chi connectivity index (χ4n) is 3.60. The van der Waals surface area contributed by atoms with Crippen molar-refractivity contribution >= 4 is 15.9 Å². The smallest absolute Gasteiger partial charge is 0.240 e. The lowest BCUT2D eigenvalue weighted by Crippen LogP contribution is -2.32. The Morgan fingerprint density at radius 2 is 1.71 bits per heavy atom. The van der Waals surface area contributed by atoms with Gasteiger partial charge in [0.15, 0.2) is 0 Å². The highest BCUT2D eigenvalue weighted by molar-refractivity contribution is 7.89. The zero-order valence-corrected chi connectivity index (χ0v) is 20.9. The van der Waals surface area contributed by atoms with Gasteiger partial charge in [-0.05, 0) is 61.2 Å². The molecule has 0 aliphatic heterocycles. The van der Waals surface area contributed by atoms with Gasteiger partial charge in [0.25, 0.3) is 0 Å². The number of benzene rings is 2. The summed E-state index contributed by atoms with van der Waals surface area (Å²) in [7, 11) is -3.71. The van der Waals surface area contributed by atoms with Gasteiger partial charge in [-0.15, -0.1) is 0 Å². The molecule has 2 N–H and O–H groups in total. The van der Waals surface area contributed by atoms with E-state index in [1.54, 1.807) is 47.3 Å². The Balaban J connectivity index is 1.55. The van der Waals surface area contributed by atoms with Crippen molar-refractivity contribution in [2.75, 3.05) is 6.54 Å². The Morgan fingerprint density at radius 1 is 1.09 bits per heavy atom. The van der Waals surface area contributed by atoms with E-state index >= 15 is 0 Å².